The Hall–Kier alpha value is -2.58. The smallest absolute Gasteiger partial charge is 0.331 e. The Morgan fingerprint density at radius 1 is 1.23 bits per heavy atom. The van der Waals surface area contributed by atoms with E-state index in [1.54, 1.807) is 0 Å². The van der Waals surface area contributed by atoms with Crippen LogP contribution in [0.3, 0.4) is 0 Å². The molecule has 0 aromatic carbocycles. The maximum Gasteiger partial charge on any atom is 0.331 e. The number of rotatable bonds is 3. The normalized spacial score (nSPS) is 16.5. The minimum atomic E-state index is -0.721. The molecule has 1 aliphatic rings. The molecule has 1 aliphatic carbocycles. The molecule has 9 nitrogen and oxygen atoms in total. The first kappa shape index (κ1) is 15.8. The molecule has 0 amide bonds. The highest BCUT2D eigenvalue weighted by Gasteiger charge is 2.23. The van der Waals surface area contributed by atoms with E-state index >= 15 is 0 Å². The van der Waals surface area contributed by atoms with Gasteiger partial charge in [-0.05, 0) is 19.8 Å². The molecule has 1 aromatic heterocycles. The number of nitrogens with two attached hydrogens (primary N) is 2. The van der Waals surface area contributed by atoms with Crippen LogP contribution in [-0.2, 0) is 0 Å². The second-order valence-corrected chi connectivity index (χ2v) is 5.33. The van der Waals surface area contributed by atoms with Crippen molar-refractivity contribution in [3.63, 3.8) is 0 Å². The van der Waals surface area contributed by atoms with Crippen LogP contribution in [0.4, 0.5) is 0 Å². The predicted molar refractivity (Wildman–Crippen MR) is 83.1 cm³/mol. The molecule has 0 radical (unpaired) electrons. The summed E-state index contributed by atoms with van der Waals surface area (Å²) in [6, 6.07) is -0.132. The van der Waals surface area contributed by atoms with Crippen molar-refractivity contribution in [1.82, 2.24) is 9.55 Å². The number of aromatic amines is 1. The summed E-state index contributed by atoms with van der Waals surface area (Å²) in [5, 5.41) is 17.5. The van der Waals surface area contributed by atoms with Crippen molar-refractivity contribution in [3.8, 4) is 5.88 Å². The van der Waals surface area contributed by atoms with E-state index in [4.69, 9.17) is 11.5 Å². The van der Waals surface area contributed by atoms with Crippen LogP contribution in [-0.4, -0.2) is 26.3 Å². The third kappa shape index (κ3) is 3.18. The van der Waals surface area contributed by atoms with Gasteiger partial charge >= 0.3 is 5.69 Å². The van der Waals surface area contributed by atoms with E-state index in [0.29, 0.717) is 0 Å². The molecular weight excluding hydrogens is 288 g/mol. The Bertz CT molecular complexity index is 720. The molecule has 1 aromatic rings. The van der Waals surface area contributed by atoms with E-state index in [9.17, 15) is 14.7 Å². The molecule has 0 aliphatic heterocycles. The van der Waals surface area contributed by atoms with E-state index in [2.05, 4.69) is 15.2 Å². The van der Waals surface area contributed by atoms with Gasteiger partial charge in [0.25, 0.3) is 5.56 Å². The Morgan fingerprint density at radius 3 is 2.45 bits per heavy atom. The molecule has 0 saturated heterocycles. The SMILES string of the molecule is C/C(=N\N=C(N)N)c1c(O)n(C2CCCCC2)c(=O)[nH]c1=O. The zero-order chi connectivity index (χ0) is 16.3. The summed E-state index contributed by atoms with van der Waals surface area (Å²) in [6.07, 6.45) is 4.62. The summed E-state index contributed by atoms with van der Waals surface area (Å²) in [6.45, 7) is 1.48. The van der Waals surface area contributed by atoms with Crippen molar-refractivity contribution in [1.29, 1.82) is 0 Å². The first-order valence-corrected chi connectivity index (χ1v) is 7.13. The van der Waals surface area contributed by atoms with E-state index in [1.165, 1.54) is 11.5 Å². The van der Waals surface area contributed by atoms with Gasteiger partial charge in [0.2, 0.25) is 11.8 Å². The lowest BCUT2D eigenvalue weighted by molar-refractivity contribution is 0.298. The summed E-state index contributed by atoms with van der Waals surface area (Å²) < 4.78 is 1.23. The zero-order valence-corrected chi connectivity index (χ0v) is 12.4. The molecule has 6 N–H and O–H groups in total. The maximum atomic E-state index is 12.0. The second kappa shape index (κ2) is 6.46. The lowest BCUT2D eigenvalue weighted by Gasteiger charge is -2.25. The van der Waals surface area contributed by atoms with Gasteiger partial charge in [0, 0.05) is 6.04 Å². The van der Waals surface area contributed by atoms with Crippen LogP contribution < -0.4 is 22.7 Å². The predicted octanol–water partition coefficient (Wildman–Crippen LogP) is -0.255. The third-order valence-electron chi connectivity index (χ3n) is 3.74. The summed E-state index contributed by atoms with van der Waals surface area (Å²) >= 11 is 0. The molecule has 2 rings (SSSR count). The highest BCUT2D eigenvalue weighted by molar-refractivity contribution is 6.00. The summed E-state index contributed by atoms with van der Waals surface area (Å²) in [4.78, 5) is 26.2. The standard InChI is InChI=1S/C13H20N6O3/c1-7(17-18-12(14)15)9-10(20)16-13(22)19(11(9)21)8-5-3-2-4-6-8/h8,21H,2-6H2,1H3,(H4,14,15,18)(H,16,20,22)/b17-7+. The Labute approximate surface area is 126 Å². The Morgan fingerprint density at radius 2 is 1.86 bits per heavy atom. The second-order valence-electron chi connectivity index (χ2n) is 5.33. The van der Waals surface area contributed by atoms with E-state index in [1.807, 2.05) is 0 Å². The number of H-pyrrole nitrogens is 1. The van der Waals surface area contributed by atoms with Crippen LogP contribution in [0.25, 0.3) is 0 Å². The van der Waals surface area contributed by atoms with Gasteiger partial charge in [0.1, 0.15) is 5.56 Å². The minimum absolute atomic E-state index is 0.102. The van der Waals surface area contributed by atoms with Crippen molar-refractivity contribution in [2.45, 2.75) is 45.1 Å². The Balaban J connectivity index is 2.56. The lowest BCUT2D eigenvalue weighted by Crippen LogP contribution is -2.36. The van der Waals surface area contributed by atoms with Gasteiger partial charge in [0.05, 0.1) is 5.71 Å². The summed E-state index contributed by atoms with van der Waals surface area (Å²) in [7, 11) is 0. The molecule has 0 unspecified atom stereocenters. The van der Waals surface area contributed by atoms with Gasteiger partial charge in [-0.1, -0.05) is 19.3 Å². The highest BCUT2D eigenvalue weighted by Crippen LogP contribution is 2.30. The largest absolute Gasteiger partial charge is 0.494 e. The van der Waals surface area contributed by atoms with Crippen LogP contribution >= 0.6 is 0 Å². The summed E-state index contributed by atoms with van der Waals surface area (Å²) in [5.41, 5.74) is 9.05. The third-order valence-corrected chi connectivity index (χ3v) is 3.74. The molecule has 22 heavy (non-hydrogen) atoms. The van der Waals surface area contributed by atoms with Crippen molar-refractivity contribution >= 4 is 11.7 Å². The zero-order valence-electron chi connectivity index (χ0n) is 12.4. The highest BCUT2D eigenvalue weighted by atomic mass is 16.3. The number of hydrogen-bond acceptors (Lipinski definition) is 5. The molecule has 9 heteroatoms. The van der Waals surface area contributed by atoms with Gasteiger partial charge in [0.15, 0.2) is 0 Å². The number of guanidine groups is 1. The fraction of sp³-hybridized carbons (Fsp3) is 0.538. The Kier molecular flexibility index (Phi) is 4.64. The molecular formula is C13H20N6O3. The molecule has 120 valence electrons. The average molecular weight is 308 g/mol. The van der Waals surface area contributed by atoms with Crippen LogP contribution in [0.2, 0.25) is 0 Å². The first-order chi connectivity index (χ1) is 10.4. The topological polar surface area (TPSA) is 152 Å². The quantitative estimate of drug-likeness (QED) is 0.344. The van der Waals surface area contributed by atoms with Crippen LogP contribution in [0, 0.1) is 0 Å². The van der Waals surface area contributed by atoms with Crippen molar-refractivity contribution in [2.75, 3.05) is 0 Å². The first-order valence-electron chi connectivity index (χ1n) is 7.13. The molecule has 1 heterocycles. The number of nitrogens with zero attached hydrogens (tertiary/aromatic N) is 3. The van der Waals surface area contributed by atoms with Gasteiger partial charge in [-0.2, -0.15) is 5.10 Å². The molecule has 0 spiro atoms. The number of nitrogens with one attached hydrogen (secondary N) is 1. The number of aromatic hydroxyl groups is 1. The van der Waals surface area contributed by atoms with Crippen LogP contribution in [0.1, 0.15) is 50.6 Å². The van der Waals surface area contributed by atoms with Crippen molar-refractivity contribution in [2.24, 2.45) is 21.7 Å². The molecule has 1 fully saturated rings. The number of hydrogen-bond donors (Lipinski definition) is 4. The minimum Gasteiger partial charge on any atom is -0.494 e. The maximum absolute atomic E-state index is 12.0. The molecule has 1 saturated carbocycles. The van der Waals surface area contributed by atoms with E-state index < -0.39 is 17.1 Å². The molecule has 0 atom stereocenters. The monoisotopic (exact) mass is 308 g/mol. The number of aromatic nitrogens is 2. The lowest BCUT2D eigenvalue weighted by atomic mass is 9.95. The molecule has 0 bridgehead atoms. The van der Waals surface area contributed by atoms with Crippen LogP contribution in [0.15, 0.2) is 19.8 Å². The van der Waals surface area contributed by atoms with E-state index in [-0.39, 0.29) is 23.3 Å². The van der Waals surface area contributed by atoms with Crippen molar-refractivity contribution < 1.29 is 5.11 Å². The van der Waals surface area contributed by atoms with Crippen LogP contribution in [0.5, 0.6) is 5.88 Å². The van der Waals surface area contributed by atoms with Gasteiger partial charge in [-0.3, -0.25) is 14.3 Å². The van der Waals surface area contributed by atoms with Gasteiger partial charge in [-0.15, -0.1) is 5.10 Å². The summed E-state index contributed by atoms with van der Waals surface area (Å²) in [5.74, 6) is -0.663. The van der Waals surface area contributed by atoms with Gasteiger partial charge < -0.3 is 16.6 Å². The fourth-order valence-corrected chi connectivity index (χ4v) is 2.72. The van der Waals surface area contributed by atoms with Crippen molar-refractivity contribution in [3.05, 3.63) is 26.4 Å². The average Bonchev–Trinajstić information content (AvgIpc) is 2.45. The fourth-order valence-electron chi connectivity index (χ4n) is 2.72. The van der Waals surface area contributed by atoms with Gasteiger partial charge in [-0.25, -0.2) is 4.79 Å². The van der Waals surface area contributed by atoms with E-state index in [0.717, 1.165) is 32.1 Å².